The Kier molecular flexibility index (Phi) is 11.5. The van der Waals surface area contributed by atoms with Gasteiger partial charge in [0.05, 0.1) is 0 Å². The predicted octanol–water partition coefficient (Wildman–Crippen LogP) is 7.56. The molecule has 0 aliphatic heterocycles. The zero-order chi connectivity index (χ0) is 22.7. The van der Waals surface area contributed by atoms with Crippen LogP contribution in [0.3, 0.4) is 0 Å². The summed E-state index contributed by atoms with van der Waals surface area (Å²) in [5.41, 5.74) is 1.21. The van der Waals surface area contributed by atoms with Crippen LogP contribution in [-0.4, -0.2) is 22.5 Å². The minimum Gasteiger partial charge on any atom is -0.147 e. The number of imidazole rings is 2. The molecule has 0 atom stereocenters. The molecule has 0 amide bonds. The molecule has 0 fully saturated rings. The van der Waals surface area contributed by atoms with Crippen molar-refractivity contribution in [2.75, 3.05) is 0 Å². The third-order valence-corrected chi connectivity index (χ3v) is 9.37. The molecule has 1 aromatic carbocycles. The second-order valence-corrected chi connectivity index (χ2v) is 12.4. The fourth-order valence-electron chi connectivity index (χ4n) is 3.49. The molecular formula is C26H40Cl2N4Ru. The molecule has 0 radical (unpaired) electrons. The molecule has 0 aliphatic rings. The Balaban J connectivity index is 0.00000272. The van der Waals surface area contributed by atoms with Gasteiger partial charge in [0.1, 0.15) is 0 Å². The minimum absolute atomic E-state index is 0. The Morgan fingerprint density at radius 2 is 0.939 bits per heavy atom. The van der Waals surface area contributed by atoms with Gasteiger partial charge in [-0.2, -0.15) is 0 Å². The molecule has 186 valence electrons. The molecule has 0 saturated heterocycles. The summed E-state index contributed by atoms with van der Waals surface area (Å²) in [6.45, 7) is 18.2. The van der Waals surface area contributed by atoms with Crippen molar-refractivity contribution in [2.45, 2.75) is 79.6 Å². The number of hydrogen-bond donors (Lipinski definition) is 0. The van der Waals surface area contributed by atoms with Crippen molar-refractivity contribution in [1.29, 1.82) is 0 Å². The summed E-state index contributed by atoms with van der Waals surface area (Å²) < 4.78 is 16.6. The van der Waals surface area contributed by atoms with Crippen molar-refractivity contribution < 1.29 is 14.6 Å². The van der Waals surface area contributed by atoms with Crippen LogP contribution >= 0.6 is 24.8 Å². The summed E-state index contributed by atoms with van der Waals surface area (Å²) in [6.07, 6.45) is 11.2. The van der Waals surface area contributed by atoms with Crippen LogP contribution in [-0.2, 0) is 14.6 Å². The van der Waals surface area contributed by atoms with Gasteiger partial charge in [-0.25, -0.2) is 0 Å². The summed E-state index contributed by atoms with van der Waals surface area (Å²) in [5.74, 6) is 0. The van der Waals surface area contributed by atoms with Gasteiger partial charge >= 0.3 is 191 Å². The number of benzene rings is 1. The Morgan fingerprint density at radius 1 is 0.606 bits per heavy atom. The number of halogens is 2. The molecule has 3 rings (SSSR count). The first kappa shape index (κ1) is 29.5. The van der Waals surface area contributed by atoms with E-state index in [2.05, 4.69) is 139 Å². The Morgan fingerprint density at radius 3 is 1.24 bits per heavy atom. The van der Waals surface area contributed by atoms with Crippen molar-refractivity contribution in [3.63, 3.8) is 0 Å². The zero-order valence-corrected chi connectivity index (χ0v) is 24.4. The van der Waals surface area contributed by atoms with Gasteiger partial charge in [-0.05, 0) is 0 Å². The van der Waals surface area contributed by atoms with E-state index in [0.717, 1.165) is 0 Å². The second kappa shape index (κ2) is 12.8. The maximum Gasteiger partial charge on any atom is -0.147 e. The summed E-state index contributed by atoms with van der Waals surface area (Å²) >= 11 is -1.92. The van der Waals surface area contributed by atoms with Crippen LogP contribution in [0.5, 0.6) is 0 Å². The number of aromatic nitrogens is 4. The van der Waals surface area contributed by atoms with Crippen LogP contribution in [0.2, 0.25) is 0 Å². The van der Waals surface area contributed by atoms with Gasteiger partial charge in [-0.3, -0.25) is 0 Å². The van der Waals surface area contributed by atoms with Crippen molar-refractivity contribution >= 4 is 35.2 Å². The maximum absolute atomic E-state index is 3.96. The van der Waals surface area contributed by atoms with Crippen LogP contribution in [0.15, 0.2) is 55.1 Å². The molecular weight excluding hydrogens is 540 g/mol. The van der Waals surface area contributed by atoms with Crippen LogP contribution in [0.4, 0.5) is 0 Å². The predicted molar refractivity (Wildman–Crippen MR) is 143 cm³/mol. The molecule has 33 heavy (non-hydrogen) atoms. The van der Waals surface area contributed by atoms with E-state index < -0.39 is 14.6 Å². The number of hydrogen-bond acceptors (Lipinski definition) is 0. The quantitative estimate of drug-likeness (QED) is 0.278. The van der Waals surface area contributed by atoms with E-state index in [1.54, 1.807) is 0 Å². The normalized spacial score (nSPS) is 11.2. The molecule has 0 aliphatic carbocycles. The number of nitrogens with zero attached hydrogens (tertiary/aromatic N) is 4. The van der Waals surface area contributed by atoms with Crippen molar-refractivity contribution in [1.82, 2.24) is 18.3 Å². The van der Waals surface area contributed by atoms with Gasteiger partial charge in [0.25, 0.3) is 0 Å². The molecule has 3 aromatic rings. The van der Waals surface area contributed by atoms with Crippen molar-refractivity contribution in [3.8, 4) is 0 Å². The van der Waals surface area contributed by atoms with E-state index in [1.165, 1.54) is 13.6 Å². The molecule has 0 bridgehead atoms. The third kappa shape index (κ3) is 6.55. The largest absolute Gasteiger partial charge is 0.147 e. The average Bonchev–Trinajstić information content (AvgIpc) is 3.34. The fourth-order valence-corrected chi connectivity index (χ4v) is 8.94. The van der Waals surface area contributed by atoms with Gasteiger partial charge in [0, 0.05) is 0 Å². The Bertz CT molecular complexity index is 1160. The Labute approximate surface area is 215 Å². The first-order valence-corrected chi connectivity index (χ1v) is 13.9. The van der Waals surface area contributed by atoms with Crippen LogP contribution in [0, 0.1) is 8.03 Å². The molecule has 0 spiro atoms. The summed E-state index contributed by atoms with van der Waals surface area (Å²) in [5, 5.41) is 0. The van der Waals surface area contributed by atoms with Gasteiger partial charge in [-0.1, -0.05) is 0 Å². The third-order valence-electron chi connectivity index (χ3n) is 5.26. The van der Waals surface area contributed by atoms with Crippen LogP contribution in [0.25, 0.3) is 6.08 Å². The van der Waals surface area contributed by atoms with Gasteiger partial charge in [0.2, 0.25) is 0 Å². The molecule has 2 aromatic heterocycles. The monoisotopic (exact) mass is 580 g/mol. The van der Waals surface area contributed by atoms with Gasteiger partial charge in [-0.15, -0.1) is 24.8 Å². The van der Waals surface area contributed by atoms with E-state index >= 15 is 0 Å². The van der Waals surface area contributed by atoms with E-state index in [0.29, 0.717) is 24.2 Å². The number of rotatable bonds is 5. The van der Waals surface area contributed by atoms with Gasteiger partial charge < -0.3 is 0 Å². The minimum atomic E-state index is -1.92. The van der Waals surface area contributed by atoms with E-state index in [-0.39, 0.29) is 24.8 Å². The van der Waals surface area contributed by atoms with Crippen LogP contribution < -0.4 is 0 Å². The first-order valence-electron chi connectivity index (χ1n) is 11.3. The second-order valence-electron chi connectivity index (χ2n) is 9.04. The van der Waals surface area contributed by atoms with Crippen molar-refractivity contribution in [2.24, 2.45) is 0 Å². The SMILES string of the molecule is CC(C)n1ccn(C(C)C)[c]1=[Ru](=[C]=Cc1ccccc1)=[c]1n(C(C)C)ccn1C(C)C.Cl.Cl. The van der Waals surface area contributed by atoms with Gasteiger partial charge in [0.15, 0.2) is 0 Å². The van der Waals surface area contributed by atoms with E-state index in [4.69, 9.17) is 0 Å². The fraction of sp³-hybridized carbons (Fsp3) is 0.462. The average molecular weight is 581 g/mol. The summed E-state index contributed by atoms with van der Waals surface area (Å²) in [6, 6.07) is 12.2. The van der Waals surface area contributed by atoms with Crippen molar-refractivity contribution in [3.05, 3.63) is 68.7 Å². The van der Waals surface area contributed by atoms with E-state index in [1.807, 2.05) is 0 Å². The molecule has 0 N–H and O–H groups in total. The molecule has 2 heterocycles. The zero-order valence-electron chi connectivity index (χ0n) is 21.0. The van der Waals surface area contributed by atoms with E-state index in [9.17, 15) is 0 Å². The smallest absolute Gasteiger partial charge is 0.147 e. The maximum atomic E-state index is 3.96. The Hall–Kier alpha value is -1.51. The molecule has 4 nitrogen and oxygen atoms in total. The topological polar surface area (TPSA) is 19.7 Å². The molecule has 0 saturated carbocycles. The summed E-state index contributed by atoms with van der Waals surface area (Å²) in [4.78, 5) is 0. The molecule has 0 unspecified atom stereocenters. The summed E-state index contributed by atoms with van der Waals surface area (Å²) in [7, 11) is 0. The first-order chi connectivity index (χ1) is 14.7. The van der Waals surface area contributed by atoms with Crippen LogP contribution in [0.1, 0.15) is 85.1 Å². The standard InChI is InChI=1S/2C9H16N2.C8H6.2ClH.Ru/c2*1-8(2)10-5-6-11(7-10)9(3)4;1-2-8-6-4-3-5-7-8;;;/h2*5-6,8-9H,1-4H3;2-7H;2*1H;. The molecule has 7 heteroatoms.